The Hall–Kier alpha value is -2.09. The van der Waals surface area contributed by atoms with E-state index in [0.717, 1.165) is 5.56 Å². The van der Waals surface area contributed by atoms with Gasteiger partial charge in [0.25, 0.3) is 0 Å². The normalized spacial score (nSPS) is 11.7. The summed E-state index contributed by atoms with van der Waals surface area (Å²) in [5.74, 6) is -1.16. The molecule has 0 radical (unpaired) electrons. The molecule has 7 nitrogen and oxygen atoms in total. The second-order valence-corrected chi connectivity index (χ2v) is 9.14. The molecule has 0 unspecified atom stereocenters. The Morgan fingerprint density at radius 3 is 2.27 bits per heavy atom. The number of carbonyl (C=O) groups is 2. The lowest BCUT2D eigenvalue weighted by molar-refractivity contribution is -0.118. The van der Waals surface area contributed by atoms with Crippen molar-refractivity contribution >= 4 is 21.8 Å². The fourth-order valence-corrected chi connectivity index (χ4v) is 3.37. The summed E-state index contributed by atoms with van der Waals surface area (Å²) in [4.78, 5) is 23.2. The van der Waals surface area contributed by atoms with Crippen molar-refractivity contribution in [3.05, 3.63) is 35.9 Å². The van der Waals surface area contributed by atoms with Gasteiger partial charge in [0.2, 0.25) is 5.91 Å². The lowest BCUT2D eigenvalue weighted by Crippen LogP contribution is -2.39. The van der Waals surface area contributed by atoms with Crippen molar-refractivity contribution in [3.63, 3.8) is 0 Å². The zero-order valence-electron chi connectivity index (χ0n) is 15.6. The number of ether oxygens (including phenoxy) is 1. The molecule has 0 bridgehead atoms. The number of alkyl carbamates (subject to hydrolysis) is 1. The highest BCUT2D eigenvalue weighted by atomic mass is 32.2. The minimum Gasteiger partial charge on any atom is -0.444 e. The number of aryl methyl sites for hydroxylation is 1. The van der Waals surface area contributed by atoms with E-state index in [0.29, 0.717) is 12.8 Å². The molecular formula is C18H28N2O5S. The van der Waals surface area contributed by atoms with Crippen LogP contribution in [0.2, 0.25) is 0 Å². The number of sulfone groups is 1. The van der Waals surface area contributed by atoms with E-state index in [1.54, 1.807) is 20.8 Å². The molecule has 0 spiro atoms. The molecule has 0 aliphatic rings. The molecule has 0 saturated heterocycles. The van der Waals surface area contributed by atoms with Crippen LogP contribution < -0.4 is 10.6 Å². The minimum atomic E-state index is -3.45. The first-order chi connectivity index (χ1) is 12.1. The van der Waals surface area contributed by atoms with Gasteiger partial charge in [0, 0.05) is 13.1 Å². The molecule has 2 N–H and O–H groups in total. The summed E-state index contributed by atoms with van der Waals surface area (Å²) in [6, 6.07) is 9.60. The fourth-order valence-electron chi connectivity index (χ4n) is 2.14. The number of benzene rings is 1. The summed E-state index contributed by atoms with van der Waals surface area (Å²) in [6.07, 6.45) is 0.543. The van der Waals surface area contributed by atoms with Gasteiger partial charge >= 0.3 is 6.09 Å². The highest BCUT2D eigenvalue weighted by molar-refractivity contribution is 7.92. The van der Waals surface area contributed by atoms with Crippen LogP contribution in [0.5, 0.6) is 0 Å². The van der Waals surface area contributed by atoms with E-state index in [1.807, 2.05) is 30.3 Å². The van der Waals surface area contributed by atoms with Crippen molar-refractivity contribution in [2.45, 2.75) is 39.2 Å². The van der Waals surface area contributed by atoms with Gasteiger partial charge in [-0.3, -0.25) is 4.79 Å². The molecule has 0 aliphatic carbocycles. The monoisotopic (exact) mass is 384 g/mol. The van der Waals surface area contributed by atoms with Crippen LogP contribution in [0, 0.1) is 0 Å². The van der Waals surface area contributed by atoms with Gasteiger partial charge in [-0.2, -0.15) is 0 Å². The molecule has 0 heterocycles. The zero-order chi connectivity index (χ0) is 19.6. The second-order valence-electron chi connectivity index (χ2n) is 6.96. The summed E-state index contributed by atoms with van der Waals surface area (Å²) < 4.78 is 29.0. The van der Waals surface area contributed by atoms with Gasteiger partial charge < -0.3 is 15.4 Å². The Morgan fingerprint density at radius 1 is 1.04 bits per heavy atom. The molecule has 1 aromatic carbocycles. The molecule has 0 saturated carbocycles. The number of hydrogen-bond donors (Lipinski definition) is 2. The molecule has 1 rings (SSSR count). The van der Waals surface area contributed by atoms with Gasteiger partial charge in [0.15, 0.2) is 9.84 Å². The maximum Gasteiger partial charge on any atom is 0.407 e. The predicted molar refractivity (Wildman–Crippen MR) is 101 cm³/mol. The fraction of sp³-hybridized carbons (Fsp3) is 0.556. The van der Waals surface area contributed by atoms with E-state index < -0.39 is 33.2 Å². The average molecular weight is 384 g/mol. The SMILES string of the molecule is CC(C)(C)OC(=O)NCCNC(=O)CS(=O)(=O)CCCc1ccccc1. The van der Waals surface area contributed by atoms with Crippen LogP contribution in [0.4, 0.5) is 4.79 Å². The summed E-state index contributed by atoms with van der Waals surface area (Å²) in [5.41, 5.74) is 0.474. The number of carbonyl (C=O) groups excluding carboxylic acids is 2. The van der Waals surface area contributed by atoms with Gasteiger partial charge in [-0.05, 0) is 39.2 Å². The van der Waals surface area contributed by atoms with Crippen LogP contribution in [-0.4, -0.2) is 50.6 Å². The molecule has 0 fully saturated rings. The van der Waals surface area contributed by atoms with E-state index >= 15 is 0 Å². The third kappa shape index (κ3) is 10.7. The van der Waals surface area contributed by atoms with Gasteiger partial charge in [0.1, 0.15) is 11.4 Å². The Morgan fingerprint density at radius 2 is 1.65 bits per heavy atom. The van der Waals surface area contributed by atoms with Crippen LogP contribution >= 0.6 is 0 Å². The highest BCUT2D eigenvalue weighted by Gasteiger charge is 2.17. The average Bonchev–Trinajstić information content (AvgIpc) is 2.50. The van der Waals surface area contributed by atoms with Gasteiger partial charge in [-0.1, -0.05) is 30.3 Å². The van der Waals surface area contributed by atoms with Crippen molar-refractivity contribution in [3.8, 4) is 0 Å². The summed E-state index contributed by atoms with van der Waals surface area (Å²) in [5, 5.41) is 4.96. The Balaban J connectivity index is 2.21. The lowest BCUT2D eigenvalue weighted by atomic mass is 10.1. The van der Waals surface area contributed by atoms with Gasteiger partial charge in [0.05, 0.1) is 5.75 Å². The Labute approximate surface area is 155 Å². The third-order valence-electron chi connectivity index (χ3n) is 3.23. The zero-order valence-corrected chi connectivity index (χ0v) is 16.4. The molecule has 26 heavy (non-hydrogen) atoms. The summed E-state index contributed by atoms with van der Waals surface area (Å²) >= 11 is 0. The molecule has 0 atom stereocenters. The minimum absolute atomic E-state index is 0.0362. The number of hydrogen-bond acceptors (Lipinski definition) is 5. The van der Waals surface area contributed by atoms with Crippen LogP contribution in [0.1, 0.15) is 32.8 Å². The first-order valence-electron chi connectivity index (χ1n) is 8.55. The number of nitrogens with one attached hydrogen (secondary N) is 2. The maximum absolute atomic E-state index is 12.0. The molecular weight excluding hydrogens is 356 g/mol. The van der Waals surface area contributed by atoms with E-state index in [4.69, 9.17) is 4.74 Å². The first-order valence-corrected chi connectivity index (χ1v) is 10.4. The Kier molecular flexibility index (Phi) is 8.57. The largest absolute Gasteiger partial charge is 0.444 e. The molecule has 8 heteroatoms. The van der Waals surface area contributed by atoms with E-state index in [1.165, 1.54) is 0 Å². The molecule has 0 aromatic heterocycles. The van der Waals surface area contributed by atoms with E-state index in [9.17, 15) is 18.0 Å². The second kappa shape index (κ2) is 10.2. The van der Waals surface area contributed by atoms with Gasteiger partial charge in [-0.25, -0.2) is 13.2 Å². The third-order valence-corrected chi connectivity index (χ3v) is 4.84. The Bertz CT molecular complexity index is 681. The quantitative estimate of drug-likeness (QED) is 0.631. The van der Waals surface area contributed by atoms with Crippen LogP contribution in [0.15, 0.2) is 30.3 Å². The van der Waals surface area contributed by atoms with Crippen LogP contribution in [-0.2, 0) is 25.8 Å². The smallest absolute Gasteiger partial charge is 0.407 e. The van der Waals surface area contributed by atoms with Crippen molar-refractivity contribution in [1.29, 1.82) is 0 Å². The van der Waals surface area contributed by atoms with E-state index in [2.05, 4.69) is 10.6 Å². The molecule has 146 valence electrons. The van der Waals surface area contributed by atoms with Crippen molar-refractivity contribution in [2.24, 2.45) is 0 Å². The summed E-state index contributed by atoms with van der Waals surface area (Å²) in [7, 11) is -3.45. The number of rotatable bonds is 9. The molecule has 1 aromatic rings. The van der Waals surface area contributed by atoms with Crippen molar-refractivity contribution in [1.82, 2.24) is 10.6 Å². The van der Waals surface area contributed by atoms with Crippen molar-refractivity contribution < 1.29 is 22.7 Å². The maximum atomic E-state index is 12.0. The first kappa shape index (κ1) is 22.0. The molecule has 0 aliphatic heterocycles. The highest BCUT2D eigenvalue weighted by Crippen LogP contribution is 2.06. The standard InChI is InChI=1S/C18H28N2O5S/c1-18(2,3)25-17(22)20-12-11-19-16(21)14-26(23,24)13-7-10-15-8-5-4-6-9-15/h4-6,8-9H,7,10-14H2,1-3H3,(H,19,21)(H,20,22). The predicted octanol–water partition coefficient (Wildman–Crippen LogP) is 1.67. The molecule has 2 amide bonds. The van der Waals surface area contributed by atoms with Crippen LogP contribution in [0.25, 0.3) is 0 Å². The van der Waals surface area contributed by atoms with E-state index in [-0.39, 0.29) is 18.8 Å². The lowest BCUT2D eigenvalue weighted by Gasteiger charge is -2.19. The summed E-state index contributed by atoms with van der Waals surface area (Å²) in [6.45, 7) is 5.54. The van der Waals surface area contributed by atoms with Crippen LogP contribution in [0.3, 0.4) is 0 Å². The van der Waals surface area contributed by atoms with Crippen molar-refractivity contribution in [2.75, 3.05) is 24.6 Å². The topological polar surface area (TPSA) is 102 Å². The number of amides is 2. The van der Waals surface area contributed by atoms with Gasteiger partial charge in [-0.15, -0.1) is 0 Å².